The fourth-order valence-electron chi connectivity index (χ4n) is 1.38. The molecule has 0 amide bonds. The summed E-state index contributed by atoms with van der Waals surface area (Å²) in [7, 11) is 0.569. The number of halogens is 4. The van der Waals surface area contributed by atoms with Crippen LogP contribution in [0.15, 0.2) is 34.9 Å². The first kappa shape index (κ1) is 13.5. The topological polar surface area (TPSA) is 48.2 Å². The molecule has 0 radical (unpaired) electrons. The van der Waals surface area contributed by atoms with Gasteiger partial charge in [-0.05, 0) is 0 Å². The van der Waals surface area contributed by atoms with Crippen molar-refractivity contribution in [2.45, 2.75) is 12.0 Å². The SMILES string of the molecule is COC(F)(c1nc(-c2ccccc2)no1)C(F)(F)F. The number of aromatic nitrogens is 2. The Labute approximate surface area is 105 Å². The van der Waals surface area contributed by atoms with E-state index in [0.29, 0.717) is 12.7 Å². The van der Waals surface area contributed by atoms with Crippen LogP contribution in [0.2, 0.25) is 0 Å². The Balaban J connectivity index is 2.41. The highest BCUT2D eigenvalue weighted by Gasteiger charge is 2.63. The lowest BCUT2D eigenvalue weighted by Crippen LogP contribution is -2.40. The van der Waals surface area contributed by atoms with Crippen molar-refractivity contribution >= 4 is 0 Å². The number of hydrogen-bond acceptors (Lipinski definition) is 4. The van der Waals surface area contributed by atoms with Gasteiger partial charge in [0.1, 0.15) is 0 Å². The molecule has 2 aromatic rings. The molecular weight excluding hydrogens is 268 g/mol. The first-order valence-electron chi connectivity index (χ1n) is 5.09. The van der Waals surface area contributed by atoms with Crippen LogP contribution < -0.4 is 0 Å². The Morgan fingerprint density at radius 1 is 1.11 bits per heavy atom. The molecule has 0 spiro atoms. The van der Waals surface area contributed by atoms with Gasteiger partial charge in [0.2, 0.25) is 5.82 Å². The summed E-state index contributed by atoms with van der Waals surface area (Å²) in [5, 5.41) is 3.31. The lowest BCUT2D eigenvalue weighted by atomic mass is 10.2. The molecule has 0 saturated carbocycles. The van der Waals surface area contributed by atoms with Crippen molar-refractivity contribution in [1.82, 2.24) is 10.1 Å². The Morgan fingerprint density at radius 2 is 1.74 bits per heavy atom. The molecule has 0 N–H and O–H groups in total. The molecule has 0 aliphatic rings. The number of nitrogens with zero attached hydrogens (tertiary/aromatic N) is 2. The second-order valence-corrected chi connectivity index (χ2v) is 3.59. The Morgan fingerprint density at radius 3 is 2.26 bits per heavy atom. The molecule has 1 heterocycles. The van der Waals surface area contributed by atoms with E-state index in [4.69, 9.17) is 0 Å². The minimum absolute atomic E-state index is 0.154. The van der Waals surface area contributed by atoms with E-state index in [1.807, 2.05) is 0 Å². The molecule has 8 heteroatoms. The quantitative estimate of drug-likeness (QED) is 0.808. The lowest BCUT2D eigenvalue weighted by molar-refractivity contribution is -0.342. The molecule has 19 heavy (non-hydrogen) atoms. The molecule has 102 valence electrons. The predicted octanol–water partition coefficient (Wildman–Crippen LogP) is 3.07. The Kier molecular flexibility index (Phi) is 3.27. The van der Waals surface area contributed by atoms with E-state index < -0.39 is 17.9 Å². The van der Waals surface area contributed by atoms with Gasteiger partial charge >= 0.3 is 17.9 Å². The van der Waals surface area contributed by atoms with E-state index in [9.17, 15) is 17.6 Å². The average Bonchev–Trinajstić information content (AvgIpc) is 2.87. The third-order valence-corrected chi connectivity index (χ3v) is 2.38. The molecule has 0 fully saturated rings. The Bertz CT molecular complexity index is 555. The van der Waals surface area contributed by atoms with Gasteiger partial charge in [-0.2, -0.15) is 22.5 Å². The number of methoxy groups -OCH3 is 1. The van der Waals surface area contributed by atoms with Crippen LogP contribution >= 0.6 is 0 Å². The highest BCUT2D eigenvalue weighted by atomic mass is 19.4. The number of benzene rings is 1. The van der Waals surface area contributed by atoms with Crippen LogP contribution in [0.3, 0.4) is 0 Å². The van der Waals surface area contributed by atoms with E-state index in [-0.39, 0.29) is 5.82 Å². The van der Waals surface area contributed by atoms with Crippen molar-refractivity contribution in [3.05, 3.63) is 36.2 Å². The summed E-state index contributed by atoms with van der Waals surface area (Å²) in [5.74, 6) is -5.56. The van der Waals surface area contributed by atoms with Crippen molar-refractivity contribution in [2.75, 3.05) is 7.11 Å². The maximum atomic E-state index is 13.7. The van der Waals surface area contributed by atoms with Crippen LogP contribution in [-0.2, 0) is 10.6 Å². The summed E-state index contributed by atoms with van der Waals surface area (Å²) in [5.41, 5.74) is 0.401. The maximum absolute atomic E-state index is 13.7. The summed E-state index contributed by atoms with van der Waals surface area (Å²) < 4.78 is 59.6. The van der Waals surface area contributed by atoms with Crippen molar-refractivity contribution in [1.29, 1.82) is 0 Å². The minimum atomic E-state index is -5.32. The summed E-state index contributed by atoms with van der Waals surface area (Å²) >= 11 is 0. The van der Waals surface area contributed by atoms with Gasteiger partial charge in [-0.15, -0.1) is 0 Å². The van der Waals surface area contributed by atoms with Gasteiger partial charge in [0, 0.05) is 12.7 Å². The summed E-state index contributed by atoms with van der Waals surface area (Å²) in [6.45, 7) is 0. The normalized spacial score (nSPS) is 15.2. The van der Waals surface area contributed by atoms with Crippen molar-refractivity contribution in [3.8, 4) is 11.4 Å². The van der Waals surface area contributed by atoms with Crippen LogP contribution in [0, 0.1) is 0 Å². The second-order valence-electron chi connectivity index (χ2n) is 3.59. The summed E-state index contributed by atoms with van der Waals surface area (Å²) in [4.78, 5) is 3.39. The van der Waals surface area contributed by atoms with Crippen molar-refractivity contribution in [3.63, 3.8) is 0 Å². The van der Waals surface area contributed by atoms with Crippen LogP contribution in [-0.4, -0.2) is 23.4 Å². The zero-order chi connectivity index (χ0) is 14.1. The lowest BCUT2D eigenvalue weighted by Gasteiger charge is -2.21. The van der Waals surface area contributed by atoms with Crippen LogP contribution in [0.1, 0.15) is 5.89 Å². The first-order chi connectivity index (χ1) is 8.88. The van der Waals surface area contributed by atoms with Crippen LogP contribution in [0.5, 0.6) is 0 Å². The monoisotopic (exact) mass is 276 g/mol. The number of rotatable bonds is 3. The summed E-state index contributed by atoms with van der Waals surface area (Å²) in [6, 6.07) is 8.07. The largest absolute Gasteiger partial charge is 0.458 e. The molecule has 1 aromatic heterocycles. The van der Waals surface area contributed by atoms with Gasteiger partial charge in [-0.1, -0.05) is 35.5 Å². The molecule has 0 aliphatic carbocycles. The molecule has 0 saturated heterocycles. The summed E-state index contributed by atoms with van der Waals surface area (Å²) in [6.07, 6.45) is -5.32. The van der Waals surface area contributed by atoms with Gasteiger partial charge < -0.3 is 9.26 Å². The standard InChI is InChI=1S/C11H8F4N2O2/c1-18-10(12,11(13,14)15)9-16-8(17-19-9)7-5-3-2-4-6-7/h2-6H,1H3. The average molecular weight is 276 g/mol. The molecule has 2 rings (SSSR count). The van der Waals surface area contributed by atoms with Gasteiger partial charge in [0.25, 0.3) is 0 Å². The highest BCUT2D eigenvalue weighted by molar-refractivity contribution is 5.53. The fraction of sp³-hybridized carbons (Fsp3) is 0.273. The second kappa shape index (κ2) is 4.61. The molecule has 0 aliphatic heterocycles. The maximum Gasteiger partial charge on any atom is 0.458 e. The third kappa shape index (κ3) is 2.30. The van der Waals surface area contributed by atoms with E-state index in [1.165, 1.54) is 0 Å². The van der Waals surface area contributed by atoms with Crippen LogP contribution in [0.4, 0.5) is 17.6 Å². The molecule has 1 aromatic carbocycles. The van der Waals surface area contributed by atoms with Gasteiger partial charge in [0.05, 0.1) is 0 Å². The zero-order valence-electron chi connectivity index (χ0n) is 9.61. The molecule has 1 atom stereocenters. The van der Waals surface area contributed by atoms with Crippen LogP contribution in [0.25, 0.3) is 11.4 Å². The number of hydrogen-bond donors (Lipinski definition) is 0. The van der Waals surface area contributed by atoms with Gasteiger partial charge in [-0.3, -0.25) is 0 Å². The smallest absolute Gasteiger partial charge is 0.335 e. The van der Waals surface area contributed by atoms with Gasteiger partial charge in [0.15, 0.2) is 0 Å². The molecule has 1 unspecified atom stereocenters. The molecular formula is C11H8F4N2O2. The van der Waals surface area contributed by atoms with Crippen molar-refractivity contribution < 1.29 is 26.8 Å². The zero-order valence-corrected chi connectivity index (χ0v) is 9.61. The minimum Gasteiger partial charge on any atom is -0.335 e. The van der Waals surface area contributed by atoms with E-state index in [0.717, 1.165) is 0 Å². The van der Waals surface area contributed by atoms with Gasteiger partial charge in [-0.25, -0.2) is 0 Å². The first-order valence-corrected chi connectivity index (χ1v) is 5.09. The number of ether oxygens (including phenoxy) is 1. The highest BCUT2D eigenvalue weighted by Crippen LogP contribution is 2.42. The predicted molar refractivity (Wildman–Crippen MR) is 55.6 cm³/mol. The Hall–Kier alpha value is -1.96. The van der Waals surface area contributed by atoms with E-state index >= 15 is 0 Å². The third-order valence-electron chi connectivity index (χ3n) is 2.38. The van der Waals surface area contributed by atoms with E-state index in [1.54, 1.807) is 30.3 Å². The van der Waals surface area contributed by atoms with Crippen molar-refractivity contribution in [2.24, 2.45) is 0 Å². The van der Waals surface area contributed by atoms with E-state index in [2.05, 4.69) is 19.4 Å². The number of alkyl halides is 4. The fourth-order valence-corrected chi connectivity index (χ4v) is 1.38. The molecule has 4 nitrogen and oxygen atoms in total. The molecule has 0 bridgehead atoms.